The lowest BCUT2D eigenvalue weighted by Gasteiger charge is -2.12. The van der Waals surface area contributed by atoms with Gasteiger partial charge in [0, 0.05) is 12.2 Å². The Labute approximate surface area is 136 Å². The van der Waals surface area contributed by atoms with Crippen LogP contribution < -0.4 is 10.1 Å². The van der Waals surface area contributed by atoms with E-state index in [-0.39, 0.29) is 0 Å². The highest BCUT2D eigenvalue weighted by atomic mass is 79.9. The number of rotatable bonds is 4. The van der Waals surface area contributed by atoms with Crippen molar-refractivity contribution in [3.05, 3.63) is 50.2 Å². The predicted molar refractivity (Wildman–Crippen MR) is 89.4 cm³/mol. The second-order valence-corrected chi connectivity index (χ2v) is 6.24. The highest BCUT2D eigenvalue weighted by molar-refractivity contribution is 9.11. The largest absolute Gasteiger partial charge is 0.494 e. The summed E-state index contributed by atoms with van der Waals surface area (Å²) < 4.78 is 7.17. The second kappa shape index (κ2) is 6.59. The van der Waals surface area contributed by atoms with Gasteiger partial charge in [0.05, 0.1) is 27.4 Å². The lowest BCUT2D eigenvalue weighted by Crippen LogP contribution is -2.03. The zero-order valence-corrected chi connectivity index (χ0v) is 14.8. The van der Waals surface area contributed by atoms with E-state index < -0.39 is 0 Å². The van der Waals surface area contributed by atoms with Crippen LogP contribution in [0.5, 0.6) is 5.75 Å². The molecule has 0 amide bonds. The van der Waals surface area contributed by atoms with Crippen molar-refractivity contribution in [2.24, 2.45) is 0 Å². The maximum Gasteiger partial charge on any atom is 0.147 e. The summed E-state index contributed by atoms with van der Waals surface area (Å²) in [6.07, 6.45) is 0. The Balaban J connectivity index is 2.15. The number of nitrogens with zero attached hydrogens (tertiary/aromatic N) is 1. The van der Waals surface area contributed by atoms with Crippen LogP contribution in [0, 0.1) is 13.8 Å². The van der Waals surface area contributed by atoms with Gasteiger partial charge in [0.15, 0.2) is 0 Å². The lowest BCUT2D eigenvalue weighted by molar-refractivity contribution is 0.409. The quantitative estimate of drug-likeness (QED) is 0.798. The molecule has 0 fully saturated rings. The zero-order chi connectivity index (χ0) is 14.7. The van der Waals surface area contributed by atoms with E-state index in [1.807, 2.05) is 32.0 Å². The molecule has 0 atom stereocenters. The molecule has 0 bridgehead atoms. The van der Waals surface area contributed by atoms with Crippen LogP contribution in [0.4, 0.5) is 5.69 Å². The number of pyridine rings is 1. The molecule has 0 spiro atoms. The minimum atomic E-state index is 0.729. The molecular formula is C15H16Br2N2O. The first-order valence-electron chi connectivity index (χ1n) is 6.21. The fourth-order valence-corrected chi connectivity index (χ4v) is 3.59. The van der Waals surface area contributed by atoms with E-state index in [1.54, 1.807) is 7.11 Å². The fraction of sp³-hybridized carbons (Fsp3) is 0.267. The summed E-state index contributed by atoms with van der Waals surface area (Å²) in [6.45, 7) is 4.73. The summed E-state index contributed by atoms with van der Waals surface area (Å²) in [5, 5.41) is 3.40. The molecule has 5 heteroatoms. The average Bonchev–Trinajstić information content (AvgIpc) is 2.37. The topological polar surface area (TPSA) is 34.1 Å². The number of nitrogens with one attached hydrogen (secondary N) is 1. The van der Waals surface area contributed by atoms with Gasteiger partial charge in [-0.15, -0.1) is 0 Å². The molecule has 2 rings (SSSR count). The summed E-state index contributed by atoms with van der Waals surface area (Å²) in [5.41, 5.74) is 4.25. The van der Waals surface area contributed by atoms with Gasteiger partial charge < -0.3 is 10.1 Å². The van der Waals surface area contributed by atoms with Crippen LogP contribution in [-0.4, -0.2) is 12.1 Å². The lowest BCUT2D eigenvalue weighted by atomic mass is 10.2. The first-order chi connectivity index (χ1) is 9.51. The molecule has 0 aliphatic rings. The number of ether oxygens (including phenoxy) is 1. The number of aromatic nitrogens is 1. The van der Waals surface area contributed by atoms with Crippen molar-refractivity contribution in [1.82, 2.24) is 4.98 Å². The summed E-state index contributed by atoms with van der Waals surface area (Å²) >= 11 is 7.03. The van der Waals surface area contributed by atoms with E-state index in [9.17, 15) is 0 Å². The van der Waals surface area contributed by atoms with E-state index in [0.717, 1.165) is 43.9 Å². The van der Waals surface area contributed by atoms with Crippen LogP contribution in [0.1, 0.15) is 17.0 Å². The third-order valence-corrected chi connectivity index (χ3v) is 4.15. The molecule has 0 unspecified atom stereocenters. The smallest absolute Gasteiger partial charge is 0.147 e. The number of methoxy groups -OCH3 is 1. The van der Waals surface area contributed by atoms with Crippen LogP contribution in [0.2, 0.25) is 0 Å². The summed E-state index contributed by atoms with van der Waals surface area (Å²) in [6, 6.07) is 8.17. The van der Waals surface area contributed by atoms with Crippen molar-refractivity contribution >= 4 is 37.5 Å². The Morgan fingerprint density at radius 2 is 1.80 bits per heavy atom. The van der Waals surface area contributed by atoms with Gasteiger partial charge in [0.25, 0.3) is 0 Å². The monoisotopic (exact) mass is 398 g/mol. The highest BCUT2D eigenvalue weighted by Crippen LogP contribution is 2.34. The molecule has 2 aromatic rings. The highest BCUT2D eigenvalue weighted by Gasteiger charge is 2.08. The Hall–Kier alpha value is -1.07. The second-order valence-electron chi connectivity index (χ2n) is 4.53. The number of halogens is 2. The molecule has 1 heterocycles. The molecule has 1 aromatic heterocycles. The van der Waals surface area contributed by atoms with Gasteiger partial charge in [-0.05, 0) is 75.5 Å². The van der Waals surface area contributed by atoms with Gasteiger partial charge in [-0.2, -0.15) is 0 Å². The van der Waals surface area contributed by atoms with Crippen molar-refractivity contribution in [3.8, 4) is 5.75 Å². The van der Waals surface area contributed by atoms with Crippen molar-refractivity contribution in [1.29, 1.82) is 0 Å². The molecule has 0 radical (unpaired) electrons. The van der Waals surface area contributed by atoms with Crippen LogP contribution in [0.15, 0.2) is 33.2 Å². The van der Waals surface area contributed by atoms with E-state index in [1.165, 1.54) is 0 Å². The Morgan fingerprint density at radius 3 is 2.35 bits per heavy atom. The minimum Gasteiger partial charge on any atom is -0.494 e. The van der Waals surface area contributed by atoms with Crippen molar-refractivity contribution in [2.75, 3.05) is 12.4 Å². The SMILES string of the molecule is COc1c(Br)cc(CNc2ccc(C)nc2C)cc1Br. The van der Waals surface area contributed by atoms with Gasteiger partial charge in [-0.1, -0.05) is 0 Å². The van der Waals surface area contributed by atoms with Gasteiger partial charge in [-0.3, -0.25) is 4.98 Å². The molecule has 0 saturated carbocycles. The summed E-state index contributed by atoms with van der Waals surface area (Å²) in [4.78, 5) is 4.45. The molecule has 1 N–H and O–H groups in total. The first-order valence-corrected chi connectivity index (χ1v) is 7.80. The molecule has 106 valence electrons. The molecule has 20 heavy (non-hydrogen) atoms. The van der Waals surface area contributed by atoms with E-state index in [2.05, 4.69) is 48.2 Å². The van der Waals surface area contributed by atoms with Gasteiger partial charge in [0.1, 0.15) is 5.75 Å². The molecule has 0 saturated heterocycles. The standard InChI is InChI=1S/C15H16Br2N2O/c1-9-4-5-14(10(2)19-9)18-8-11-6-12(16)15(20-3)13(17)7-11/h4-7,18H,8H2,1-3H3. The van der Waals surface area contributed by atoms with E-state index in [4.69, 9.17) is 4.74 Å². The summed E-state index contributed by atoms with van der Waals surface area (Å²) in [7, 11) is 1.66. The molecule has 3 nitrogen and oxygen atoms in total. The Kier molecular flexibility index (Phi) is 5.05. The number of hydrogen-bond donors (Lipinski definition) is 1. The number of benzene rings is 1. The van der Waals surface area contributed by atoms with E-state index in [0.29, 0.717) is 0 Å². The maximum absolute atomic E-state index is 5.30. The van der Waals surface area contributed by atoms with Crippen LogP contribution >= 0.6 is 31.9 Å². The van der Waals surface area contributed by atoms with Crippen LogP contribution in [0.25, 0.3) is 0 Å². The maximum atomic E-state index is 5.30. The normalized spacial score (nSPS) is 10.4. The van der Waals surface area contributed by atoms with Crippen molar-refractivity contribution in [2.45, 2.75) is 20.4 Å². The molecule has 1 aromatic carbocycles. The van der Waals surface area contributed by atoms with Gasteiger partial charge >= 0.3 is 0 Å². The molecule has 0 aliphatic heterocycles. The first kappa shape index (κ1) is 15.3. The van der Waals surface area contributed by atoms with Crippen LogP contribution in [-0.2, 0) is 6.54 Å². The fourth-order valence-electron chi connectivity index (χ4n) is 1.98. The van der Waals surface area contributed by atoms with Crippen LogP contribution in [0.3, 0.4) is 0 Å². The van der Waals surface area contributed by atoms with Crippen molar-refractivity contribution < 1.29 is 4.74 Å². The van der Waals surface area contributed by atoms with Gasteiger partial charge in [-0.25, -0.2) is 0 Å². The third-order valence-electron chi connectivity index (χ3n) is 2.97. The van der Waals surface area contributed by atoms with Gasteiger partial charge in [0.2, 0.25) is 0 Å². The Bertz CT molecular complexity index is 606. The Morgan fingerprint density at radius 1 is 1.15 bits per heavy atom. The summed E-state index contributed by atoms with van der Waals surface area (Å²) in [5.74, 6) is 0.807. The zero-order valence-electron chi connectivity index (χ0n) is 11.6. The predicted octanol–water partition coefficient (Wildman–Crippen LogP) is 4.84. The van der Waals surface area contributed by atoms with Crippen molar-refractivity contribution in [3.63, 3.8) is 0 Å². The average molecular weight is 400 g/mol. The number of aryl methyl sites for hydroxylation is 2. The number of anilines is 1. The van der Waals surface area contributed by atoms with E-state index >= 15 is 0 Å². The molecule has 0 aliphatic carbocycles. The third kappa shape index (κ3) is 3.52. The molecular weight excluding hydrogens is 384 g/mol. The minimum absolute atomic E-state index is 0.729. The number of hydrogen-bond acceptors (Lipinski definition) is 3.